The number of carbonyl (C=O) groups excluding carboxylic acids is 1. The van der Waals surface area contributed by atoms with Gasteiger partial charge in [-0.2, -0.15) is 0 Å². The molecule has 0 atom stereocenters. The lowest BCUT2D eigenvalue weighted by Gasteiger charge is -2.33. The minimum atomic E-state index is -0.197. The van der Waals surface area contributed by atoms with Gasteiger partial charge in [0.15, 0.2) is 0 Å². The summed E-state index contributed by atoms with van der Waals surface area (Å²) < 4.78 is 10.8. The van der Waals surface area contributed by atoms with Gasteiger partial charge in [-0.15, -0.1) is 0 Å². The summed E-state index contributed by atoms with van der Waals surface area (Å²) in [5.41, 5.74) is 1.80. The van der Waals surface area contributed by atoms with E-state index in [1.54, 1.807) is 19.4 Å². The molecule has 1 amide bonds. The van der Waals surface area contributed by atoms with Crippen LogP contribution in [0.4, 0.5) is 11.5 Å². The molecule has 1 aliphatic rings. The summed E-state index contributed by atoms with van der Waals surface area (Å²) in [4.78, 5) is 22.2. The largest absolute Gasteiger partial charge is 0.497 e. The number of fused-ring (bicyclic) bond motifs is 1. The highest BCUT2D eigenvalue weighted by Crippen LogP contribution is 2.27. The maximum atomic E-state index is 12.8. The Labute approximate surface area is 188 Å². The van der Waals surface area contributed by atoms with Crippen LogP contribution in [0.1, 0.15) is 23.8 Å². The topological polar surface area (TPSA) is 82.9 Å². The molecule has 0 aliphatic carbocycles. The fourth-order valence-corrected chi connectivity index (χ4v) is 3.91. The minimum Gasteiger partial charge on any atom is -0.497 e. The number of pyridine rings is 1. The van der Waals surface area contributed by atoms with Crippen molar-refractivity contribution in [1.82, 2.24) is 20.1 Å². The number of amides is 1. The number of aromatic nitrogens is 1. The quantitative estimate of drug-likeness (QED) is 0.497. The lowest BCUT2D eigenvalue weighted by molar-refractivity contribution is 0.0943. The number of nitrogens with zero attached hydrogens (tertiary/aromatic N) is 3. The third-order valence-electron chi connectivity index (χ3n) is 5.88. The number of rotatable bonds is 9. The molecule has 2 aromatic heterocycles. The van der Waals surface area contributed by atoms with Crippen molar-refractivity contribution in [3.05, 3.63) is 48.4 Å². The van der Waals surface area contributed by atoms with E-state index in [0.717, 1.165) is 62.5 Å². The summed E-state index contributed by atoms with van der Waals surface area (Å²) >= 11 is 0. The standard InChI is InChI=1S/C24H31N5O3/c1-3-28-12-14-29(15-13-28)11-4-10-25-24(30)21-17-22-20(9-16-32-22)23(27-21)26-18-5-7-19(31-2)8-6-18/h5-9,16-17H,3-4,10-15H2,1-2H3,(H,25,30)(H,26,27). The van der Waals surface area contributed by atoms with Crippen LogP contribution in [-0.4, -0.2) is 73.6 Å². The van der Waals surface area contributed by atoms with Crippen LogP contribution in [0.3, 0.4) is 0 Å². The van der Waals surface area contributed by atoms with E-state index in [-0.39, 0.29) is 5.91 Å². The van der Waals surface area contributed by atoms with Crippen LogP contribution in [0.2, 0.25) is 0 Å². The number of likely N-dealkylation sites (N-methyl/N-ethyl adjacent to an activating group) is 1. The summed E-state index contributed by atoms with van der Waals surface area (Å²) in [5.74, 6) is 1.16. The average Bonchev–Trinajstić information content (AvgIpc) is 3.32. The Morgan fingerprint density at radius 3 is 2.59 bits per heavy atom. The molecule has 4 rings (SSSR count). The maximum absolute atomic E-state index is 12.8. The smallest absolute Gasteiger partial charge is 0.270 e. The van der Waals surface area contributed by atoms with Gasteiger partial charge in [-0.25, -0.2) is 4.98 Å². The number of nitrogens with one attached hydrogen (secondary N) is 2. The first kappa shape index (κ1) is 22.1. The summed E-state index contributed by atoms with van der Waals surface area (Å²) in [7, 11) is 1.63. The number of carbonyl (C=O) groups is 1. The number of ether oxygens (including phenoxy) is 1. The average molecular weight is 438 g/mol. The second-order valence-electron chi connectivity index (χ2n) is 7.93. The zero-order valence-electron chi connectivity index (χ0n) is 18.8. The van der Waals surface area contributed by atoms with Gasteiger partial charge in [-0.05, 0) is 49.8 Å². The number of anilines is 2. The molecule has 3 heterocycles. The van der Waals surface area contributed by atoms with Crippen molar-refractivity contribution in [2.75, 3.05) is 58.2 Å². The van der Waals surface area contributed by atoms with Gasteiger partial charge in [-0.3, -0.25) is 4.79 Å². The number of hydrogen-bond donors (Lipinski definition) is 2. The minimum absolute atomic E-state index is 0.197. The Balaban J connectivity index is 1.35. The number of methoxy groups -OCH3 is 1. The highest BCUT2D eigenvalue weighted by molar-refractivity contribution is 5.99. The number of hydrogen-bond acceptors (Lipinski definition) is 7. The maximum Gasteiger partial charge on any atom is 0.270 e. The Morgan fingerprint density at radius 2 is 1.88 bits per heavy atom. The Bertz CT molecular complexity index is 1030. The first-order valence-electron chi connectivity index (χ1n) is 11.2. The third kappa shape index (κ3) is 5.38. The van der Waals surface area contributed by atoms with Gasteiger partial charge in [0, 0.05) is 44.5 Å². The van der Waals surface area contributed by atoms with E-state index in [9.17, 15) is 4.79 Å². The molecule has 8 nitrogen and oxygen atoms in total. The number of benzene rings is 1. The molecule has 0 spiro atoms. The van der Waals surface area contributed by atoms with Crippen molar-refractivity contribution in [2.45, 2.75) is 13.3 Å². The van der Waals surface area contributed by atoms with Crippen molar-refractivity contribution in [3.63, 3.8) is 0 Å². The molecule has 2 N–H and O–H groups in total. The van der Waals surface area contributed by atoms with E-state index in [1.165, 1.54) is 0 Å². The van der Waals surface area contributed by atoms with Crippen molar-refractivity contribution < 1.29 is 13.9 Å². The Hall–Kier alpha value is -3.10. The van der Waals surface area contributed by atoms with Gasteiger partial charge in [0.25, 0.3) is 5.91 Å². The highest BCUT2D eigenvalue weighted by atomic mass is 16.5. The molecule has 0 bridgehead atoms. The van der Waals surface area contributed by atoms with Crippen LogP contribution < -0.4 is 15.4 Å². The SMILES string of the molecule is CCN1CCN(CCCNC(=O)c2cc3occc3c(Nc3ccc(OC)cc3)n2)CC1. The first-order chi connectivity index (χ1) is 15.7. The molecule has 1 aliphatic heterocycles. The second-order valence-corrected chi connectivity index (χ2v) is 7.93. The van der Waals surface area contributed by atoms with Gasteiger partial charge < -0.3 is 29.6 Å². The molecule has 0 saturated carbocycles. The predicted octanol–water partition coefficient (Wildman–Crippen LogP) is 3.34. The molecule has 0 radical (unpaired) electrons. The van der Waals surface area contributed by atoms with Gasteiger partial charge in [0.1, 0.15) is 22.8 Å². The van der Waals surface area contributed by atoms with Gasteiger partial charge in [-0.1, -0.05) is 6.92 Å². The Kier molecular flexibility index (Phi) is 7.24. The van der Waals surface area contributed by atoms with E-state index in [1.807, 2.05) is 30.3 Å². The predicted molar refractivity (Wildman–Crippen MR) is 126 cm³/mol. The monoisotopic (exact) mass is 437 g/mol. The molecule has 32 heavy (non-hydrogen) atoms. The first-order valence-corrected chi connectivity index (χ1v) is 11.2. The van der Waals surface area contributed by atoms with E-state index in [2.05, 4.69) is 32.3 Å². The lowest BCUT2D eigenvalue weighted by Crippen LogP contribution is -2.46. The van der Waals surface area contributed by atoms with Crippen molar-refractivity contribution in [2.24, 2.45) is 0 Å². The summed E-state index contributed by atoms with van der Waals surface area (Å²) in [5, 5.41) is 7.10. The molecule has 1 aromatic carbocycles. The van der Waals surface area contributed by atoms with Crippen molar-refractivity contribution >= 4 is 28.4 Å². The van der Waals surface area contributed by atoms with Gasteiger partial charge in [0.05, 0.1) is 18.8 Å². The zero-order chi connectivity index (χ0) is 22.3. The normalized spacial score (nSPS) is 15.1. The molecule has 1 fully saturated rings. The highest BCUT2D eigenvalue weighted by Gasteiger charge is 2.16. The van der Waals surface area contributed by atoms with Crippen LogP contribution in [-0.2, 0) is 0 Å². The van der Waals surface area contributed by atoms with Crippen LogP contribution in [0.25, 0.3) is 11.0 Å². The summed E-state index contributed by atoms with van der Waals surface area (Å²) in [6.07, 6.45) is 2.52. The van der Waals surface area contributed by atoms with E-state index in [4.69, 9.17) is 9.15 Å². The van der Waals surface area contributed by atoms with Gasteiger partial charge >= 0.3 is 0 Å². The van der Waals surface area contributed by atoms with E-state index in [0.29, 0.717) is 23.6 Å². The molecular formula is C24H31N5O3. The number of furan rings is 1. The molecule has 1 saturated heterocycles. The molecular weight excluding hydrogens is 406 g/mol. The van der Waals surface area contributed by atoms with Crippen LogP contribution in [0.5, 0.6) is 5.75 Å². The number of piperazine rings is 1. The lowest BCUT2D eigenvalue weighted by atomic mass is 10.2. The Morgan fingerprint density at radius 1 is 1.12 bits per heavy atom. The molecule has 0 unspecified atom stereocenters. The molecule has 3 aromatic rings. The van der Waals surface area contributed by atoms with Crippen LogP contribution in [0.15, 0.2) is 47.1 Å². The van der Waals surface area contributed by atoms with E-state index < -0.39 is 0 Å². The zero-order valence-corrected chi connectivity index (χ0v) is 18.8. The van der Waals surface area contributed by atoms with Gasteiger partial charge in [0.2, 0.25) is 0 Å². The van der Waals surface area contributed by atoms with Crippen molar-refractivity contribution in [1.29, 1.82) is 0 Å². The van der Waals surface area contributed by atoms with Crippen LogP contribution in [0, 0.1) is 0 Å². The second kappa shape index (κ2) is 10.5. The van der Waals surface area contributed by atoms with Crippen molar-refractivity contribution in [3.8, 4) is 5.75 Å². The van der Waals surface area contributed by atoms with Crippen LogP contribution >= 0.6 is 0 Å². The fourth-order valence-electron chi connectivity index (χ4n) is 3.91. The summed E-state index contributed by atoms with van der Waals surface area (Å²) in [6, 6.07) is 11.1. The summed E-state index contributed by atoms with van der Waals surface area (Å²) in [6.45, 7) is 9.37. The molecule has 8 heteroatoms. The fraction of sp³-hybridized carbons (Fsp3) is 0.417. The third-order valence-corrected chi connectivity index (χ3v) is 5.88. The molecule has 170 valence electrons. The van der Waals surface area contributed by atoms with E-state index >= 15 is 0 Å².